The quantitative estimate of drug-likeness (QED) is 0.407. The minimum Gasteiger partial charge on any atom is -0.493 e. The lowest BCUT2D eigenvalue weighted by Gasteiger charge is -2.07. The number of aryl methyl sites for hydroxylation is 1. The summed E-state index contributed by atoms with van der Waals surface area (Å²) in [6.45, 7) is 2.58. The zero-order valence-corrected chi connectivity index (χ0v) is 14.9. The van der Waals surface area contributed by atoms with Gasteiger partial charge in [-0.15, -0.1) is 11.3 Å². The zero-order valence-electron chi connectivity index (χ0n) is 14.1. The first-order valence-corrected chi connectivity index (χ1v) is 8.83. The average Bonchev–Trinajstić information content (AvgIpc) is 3.14. The zero-order chi connectivity index (χ0) is 17.2. The lowest BCUT2D eigenvalue weighted by Crippen LogP contribution is -2.06. The molecule has 2 rings (SSSR count). The molecule has 1 aromatic carbocycles. The molecule has 126 valence electrons. The summed E-state index contributed by atoms with van der Waals surface area (Å²) in [4.78, 5) is 11.9. The number of ether oxygens (including phenoxy) is 1. The Morgan fingerprint density at radius 2 is 2.00 bits per heavy atom. The van der Waals surface area contributed by atoms with Crippen molar-refractivity contribution in [3.8, 4) is 0 Å². The van der Waals surface area contributed by atoms with Crippen LogP contribution in [0.5, 0.6) is 0 Å². The number of rotatable bonds is 9. The second kappa shape index (κ2) is 9.73. The van der Waals surface area contributed by atoms with E-state index in [4.69, 9.17) is 4.74 Å². The maximum absolute atomic E-state index is 10.7. The Morgan fingerprint density at radius 1 is 1.21 bits per heavy atom. The van der Waals surface area contributed by atoms with E-state index in [1.165, 1.54) is 10.4 Å². The molecule has 1 heterocycles. The number of carbonyl (C=O) groups is 1. The van der Waals surface area contributed by atoms with Crippen molar-refractivity contribution < 1.29 is 9.53 Å². The van der Waals surface area contributed by atoms with Gasteiger partial charge in [0.05, 0.1) is 5.76 Å². The number of hydrogen-bond acceptors (Lipinski definition) is 4. The van der Waals surface area contributed by atoms with Crippen LogP contribution in [0, 0.1) is 0 Å². The van der Waals surface area contributed by atoms with Crippen LogP contribution in [0.25, 0.3) is 0 Å². The number of aldehydes is 1. The Bertz CT molecular complexity index is 685. The fourth-order valence-corrected chi connectivity index (χ4v) is 2.80. The fourth-order valence-electron chi connectivity index (χ4n) is 2.18. The van der Waals surface area contributed by atoms with E-state index in [0.717, 1.165) is 30.6 Å². The Balaban J connectivity index is 1.85. The average molecular weight is 341 g/mol. The highest BCUT2D eigenvalue weighted by Crippen LogP contribution is 2.13. The molecule has 0 fully saturated rings. The highest BCUT2D eigenvalue weighted by molar-refractivity contribution is 7.09. The smallest absolute Gasteiger partial charge is 0.150 e. The van der Waals surface area contributed by atoms with E-state index in [1.807, 2.05) is 50.4 Å². The van der Waals surface area contributed by atoms with Crippen LogP contribution in [0.3, 0.4) is 0 Å². The number of thiophene rings is 1. The van der Waals surface area contributed by atoms with Gasteiger partial charge in [-0.05, 0) is 48.9 Å². The molecule has 24 heavy (non-hydrogen) atoms. The minimum absolute atomic E-state index is 0.617. The summed E-state index contributed by atoms with van der Waals surface area (Å²) >= 11 is 1.70. The molecule has 0 saturated heterocycles. The second-order valence-corrected chi connectivity index (χ2v) is 6.48. The van der Waals surface area contributed by atoms with E-state index < -0.39 is 0 Å². The van der Waals surface area contributed by atoms with Crippen molar-refractivity contribution >= 4 is 17.6 Å². The van der Waals surface area contributed by atoms with Crippen molar-refractivity contribution in [3.63, 3.8) is 0 Å². The molecular weight excluding hydrogens is 318 g/mol. The molecule has 0 amide bonds. The van der Waals surface area contributed by atoms with Gasteiger partial charge in [0, 0.05) is 23.2 Å². The first kappa shape index (κ1) is 18.0. The standard InChI is InChI=1S/C20H23NO2S/c1-16(23-15-20-4-3-13-24-20)5-11-19(21-2)12-10-17-6-8-18(14-22)9-7-17/h3-9,11,13-14,21H,10,12,15H2,1-2H3/b16-5+,19-11-. The van der Waals surface area contributed by atoms with Crippen LogP contribution in [-0.4, -0.2) is 13.3 Å². The van der Waals surface area contributed by atoms with Gasteiger partial charge >= 0.3 is 0 Å². The largest absolute Gasteiger partial charge is 0.493 e. The highest BCUT2D eigenvalue weighted by Gasteiger charge is 1.99. The van der Waals surface area contributed by atoms with E-state index in [9.17, 15) is 4.79 Å². The fraction of sp³-hybridized carbons (Fsp3) is 0.250. The maximum atomic E-state index is 10.7. The topological polar surface area (TPSA) is 38.3 Å². The van der Waals surface area contributed by atoms with Crippen LogP contribution in [0.15, 0.2) is 65.4 Å². The van der Waals surface area contributed by atoms with E-state index in [2.05, 4.69) is 22.8 Å². The van der Waals surface area contributed by atoms with Gasteiger partial charge in [0.15, 0.2) is 0 Å². The van der Waals surface area contributed by atoms with Gasteiger partial charge in [-0.1, -0.05) is 30.3 Å². The van der Waals surface area contributed by atoms with Crippen molar-refractivity contribution in [1.82, 2.24) is 5.32 Å². The van der Waals surface area contributed by atoms with Gasteiger partial charge < -0.3 is 10.1 Å². The molecule has 0 atom stereocenters. The number of nitrogens with one attached hydrogen (secondary N) is 1. The Morgan fingerprint density at radius 3 is 2.62 bits per heavy atom. The first-order valence-electron chi connectivity index (χ1n) is 7.96. The van der Waals surface area contributed by atoms with Gasteiger partial charge in [0.2, 0.25) is 0 Å². The summed E-state index contributed by atoms with van der Waals surface area (Å²) in [6, 6.07) is 11.8. The third-order valence-corrected chi connectivity index (χ3v) is 4.51. The molecule has 0 aliphatic heterocycles. The summed E-state index contributed by atoms with van der Waals surface area (Å²) in [5, 5.41) is 5.28. The minimum atomic E-state index is 0.617. The number of carbonyl (C=O) groups excluding carboxylic acids is 1. The van der Waals surface area contributed by atoms with Crippen molar-refractivity contribution in [2.45, 2.75) is 26.4 Å². The third kappa shape index (κ3) is 6.05. The Labute approximate surface area is 147 Å². The molecule has 1 N–H and O–H groups in total. The van der Waals surface area contributed by atoms with Crippen molar-refractivity contribution in [2.24, 2.45) is 0 Å². The molecule has 0 radical (unpaired) electrons. The molecule has 0 aliphatic rings. The highest BCUT2D eigenvalue weighted by atomic mass is 32.1. The van der Waals surface area contributed by atoms with Crippen LogP contribution < -0.4 is 5.32 Å². The number of allylic oxidation sites excluding steroid dienone is 4. The molecule has 0 spiro atoms. The Hall–Kier alpha value is -2.33. The van der Waals surface area contributed by atoms with Gasteiger partial charge in [0.25, 0.3) is 0 Å². The maximum Gasteiger partial charge on any atom is 0.150 e. The number of hydrogen-bond donors (Lipinski definition) is 1. The molecule has 2 aromatic rings. The lowest BCUT2D eigenvalue weighted by molar-refractivity contribution is 0.112. The predicted molar refractivity (Wildman–Crippen MR) is 100 cm³/mol. The van der Waals surface area contributed by atoms with E-state index in [-0.39, 0.29) is 0 Å². The molecular formula is C20H23NO2S. The molecule has 4 heteroatoms. The van der Waals surface area contributed by atoms with Gasteiger partial charge in [-0.3, -0.25) is 4.79 Å². The van der Waals surface area contributed by atoms with E-state index in [0.29, 0.717) is 12.2 Å². The predicted octanol–water partition coefficient (Wildman–Crippen LogP) is 4.72. The van der Waals surface area contributed by atoms with Gasteiger partial charge in [-0.25, -0.2) is 0 Å². The van der Waals surface area contributed by atoms with E-state index >= 15 is 0 Å². The van der Waals surface area contributed by atoms with Gasteiger partial charge in [0.1, 0.15) is 12.9 Å². The van der Waals surface area contributed by atoms with Crippen LogP contribution in [0.1, 0.15) is 34.1 Å². The van der Waals surface area contributed by atoms with Crippen LogP contribution >= 0.6 is 11.3 Å². The van der Waals surface area contributed by atoms with Gasteiger partial charge in [-0.2, -0.15) is 0 Å². The first-order chi connectivity index (χ1) is 11.7. The lowest BCUT2D eigenvalue weighted by atomic mass is 10.1. The van der Waals surface area contributed by atoms with Crippen LogP contribution in [-0.2, 0) is 17.8 Å². The van der Waals surface area contributed by atoms with Crippen molar-refractivity contribution in [1.29, 1.82) is 0 Å². The summed E-state index contributed by atoms with van der Waals surface area (Å²) in [6.07, 6.45) is 6.76. The monoisotopic (exact) mass is 341 g/mol. The summed E-state index contributed by atoms with van der Waals surface area (Å²) in [7, 11) is 1.93. The van der Waals surface area contributed by atoms with Crippen molar-refractivity contribution in [2.75, 3.05) is 7.05 Å². The van der Waals surface area contributed by atoms with E-state index in [1.54, 1.807) is 11.3 Å². The molecule has 0 aliphatic carbocycles. The summed E-state index contributed by atoms with van der Waals surface area (Å²) in [5.41, 5.74) is 3.08. The molecule has 0 saturated carbocycles. The SMILES string of the molecule is CN/C(=C\C=C(/C)OCc1cccs1)CCc1ccc(C=O)cc1. The second-order valence-electron chi connectivity index (χ2n) is 5.45. The van der Waals surface area contributed by atoms with Crippen LogP contribution in [0.2, 0.25) is 0 Å². The summed E-state index contributed by atoms with van der Waals surface area (Å²) < 4.78 is 5.74. The molecule has 3 nitrogen and oxygen atoms in total. The molecule has 0 bridgehead atoms. The number of benzene rings is 1. The normalized spacial score (nSPS) is 12.1. The van der Waals surface area contributed by atoms with Crippen molar-refractivity contribution in [3.05, 3.63) is 81.4 Å². The van der Waals surface area contributed by atoms with Crippen LogP contribution in [0.4, 0.5) is 0 Å². The summed E-state index contributed by atoms with van der Waals surface area (Å²) in [5.74, 6) is 0.895. The Kier molecular flexibility index (Phi) is 7.30. The third-order valence-electron chi connectivity index (χ3n) is 3.66. The molecule has 1 aromatic heterocycles. The molecule has 0 unspecified atom stereocenters.